The molecule has 0 unspecified atom stereocenters. The summed E-state index contributed by atoms with van der Waals surface area (Å²) in [5.41, 5.74) is 2.91. The largest absolute Gasteiger partial charge is 0.333 e. The second-order valence-corrected chi connectivity index (χ2v) is 10.2. The first-order valence-corrected chi connectivity index (χ1v) is 12.0. The molecule has 2 fully saturated rings. The number of H-pyrrole nitrogens is 1. The van der Waals surface area contributed by atoms with Gasteiger partial charge in [0.15, 0.2) is 0 Å². The van der Waals surface area contributed by atoms with Crippen LogP contribution in [0.3, 0.4) is 0 Å². The molecule has 0 bridgehead atoms. The molecule has 1 aliphatic heterocycles. The Hall–Kier alpha value is -2.67. The van der Waals surface area contributed by atoms with Crippen molar-refractivity contribution in [2.75, 3.05) is 13.1 Å². The number of hydrogen-bond donors (Lipinski definition) is 1. The summed E-state index contributed by atoms with van der Waals surface area (Å²) in [6.45, 7) is 9.28. The number of rotatable bonds is 6. The zero-order chi connectivity index (χ0) is 22.4. The van der Waals surface area contributed by atoms with Gasteiger partial charge in [0.1, 0.15) is 0 Å². The first-order chi connectivity index (χ1) is 15.4. The van der Waals surface area contributed by atoms with E-state index in [1.54, 1.807) is 21.5 Å². The first kappa shape index (κ1) is 21.2. The minimum atomic E-state index is -0.411. The van der Waals surface area contributed by atoms with Crippen molar-refractivity contribution in [1.82, 2.24) is 24.1 Å². The van der Waals surface area contributed by atoms with Gasteiger partial charge in [0.25, 0.3) is 5.56 Å². The first-order valence-electron chi connectivity index (χ1n) is 12.0. The lowest BCUT2D eigenvalue weighted by Gasteiger charge is -2.38. The van der Waals surface area contributed by atoms with E-state index in [0.717, 1.165) is 30.5 Å². The highest BCUT2D eigenvalue weighted by Crippen LogP contribution is 2.38. The standard InChI is InChI=1S/C25H33N5O2/c1-16(2)14-28-8-6-18(10-17(28)3)11-19-7-9-30-22(12-19)23(13-26-30)29-15-21(20-4-5-20)24(31)27-25(29)32/h7,9,12-13,15-18,20H,4-6,8,10-11,14H2,1-3H3,(H,27,31,32)/t17-,18+/m0/s1. The van der Waals surface area contributed by atoms with Crippen LogP contribution in [-0.2, 0) is 6.42 Å². The molecule has 32 heavy (non-hydrogen) atoms. The smallest absolute Gasteiger partial charge is 0.300 e. The van der Waals surface area contributed by atoms with Crippen molar-refractivity contribution in [3.8, 4) is 5.69 Å². The molecule has 0 spiro atoms. The summed E-state index contributed by atoms with van der Waals surface area (Å²) >= 11 is 0. The minimum absolute atomic E-state index is 0.260. The Balaban J connectivity index is 1.40. The Morgan fingerprint density at radius 2 is 2.03 bits per heavy atom. The molecular formula is C25H33N5O2. The van der Waals surface area contributed by atoms with Gasteiger partial charge in [0.05, 0.1) is 17.4 Å². The highest BCUT2D eigenvalue weighted by Gasteiger charge is 2.28. The molecule has 0 amide bonds. The van der Waals surface area contributed by atoms with Crippen LogP contribution in [0.1, 0.15) is 63.5 Å². The third kappa shape index (κ3) is 4.18. The van der Waals surface area contributed by atoms with Gasteiger partial charge in [0.2, 0.25) is 0 Å². The highest BCUT2D eigenvalue weighted by molar-refractivity contribution is 5.64. The zero-order valence-corrected chi connectivity index (χ0v) is 19.3. The monoisotopic (exact) mass is 435 g/mol. The van der Waals surface area contributed by atoms with Crippen molar-refractivity contribution in [3.63, 3.8) is 0 Å². The molecule has 2 aliphatic rings. The Morgan fingerprint density at radius 3 is 2.75 bits per heavy atom. The van der Waals surface area contributed by atoms with E-state index < -0.39 is 5.69 Å². The number of likely N-dealkylation sites (tertiary alicyclic amines) is 1. The summed E-state index contributed by atoms with van der Waals surface area (Å²) in [5, 5.41) is 4.44. The normalized spacial score (nSPS) is 22.1. The lowest BCUT2D eigenvalue weighted by molar-refractivity contribution is 0.110. The number of hydrogen-bond acceptors (Lipinski definition) is 4. The van der Waals surface area contributed by atoms with Crippen LogP contribution < -0.4 is 11.2 Å². The topological polar surface area (TPSA) is 75.4 Å². The summed E-state index contributed by atoms with van der Waals surface area (Å²) in [5.74, 6) is 1.64. The molecule has 5 rings (SSSR count). The van der Waals surface area contributed by atoms with Gasteiger partial charge < -0.3 is 4.90 Å². The van der Waals surface area contributed by atoms with Gasteiger partial charge in [-0.3, -0.25) is 14.3 Å². The average molecular weight is 436 g/mol. The van der Waals surface area contributed by atoms with E-state index in [2.05, 4.69) is 47.9 Å². The maximum atomic E-state index is 12.6. The van der Waals surface area contributed by atoms with Gasteiger partial charge >= 0.3 is 5.69 Å². The molecule has 3 aromatic heterocycles. The van der Waals surface area contributed by atoms with Gasteiger partial charge in [0, 0.05) is 30.5 Å². The number of fused-ring (bicyclic) bond motifs is 1. The molecule has 1 saturated heterocycles. The number of aromatic nitrogens is 4. The van der Waals surface area contributed by atoms with E-state index in [-0.39, 0.29) is 11.5 Å². The minimum Gasteiger partial charge on any atom is -0.300 e. The molecular weight excluding hydrogens is 402 g/mol. The molecule has 2 atom stereocenters. The predicted molar refractivity (Wildman–Crippen MR) is 126 cm³/mol. The van der Waals surface area contributed by atoms with Gasteiger partial charge in [-0.15, -0.1) is 0 Å². The maximum absolute atomic E-state index is 12.6. The van der Waals surface area contributed by atoms with Gasteiger partial charge in [-0.1, -0.05) is 13.8 Å². The van der Waals surface area contributed by atoms with Crippen LogP contribution in [0, 0.1) is 11.8 Å². The second-order valence-electron chi connectivity index (χ2n) is 10.2. The molecule has 0 radical (unpaired) electrons. The molecule has 1 saturated carbocycles. The van der Waals surface area contributed by atoms with Crippen LogP contribution in [-0.4, -0.2) is 43.2 Å². The van der Waals surface area contributed by atoms with Crippen molar-refractivity contribution >= 4 is 5.52 Å². The number of aromatic amines is 1. The number of pyridine rings is 1. The quantitative estimate of drug-likeness (QED) is 0.644. The molecule has 170 valence electrons. The summed E-state index contributed by atoms with van der Waals surface area (Å²) in [6, 6.07) is 4.91. The highest BCUT2D eigenvalue weighted by atomic mass is 16.2. The lowest BCUT2D eigenvalue weighted by atomic mass is 9.86. The fourth-order valence-electron chi connectivity index (χ4n) is 5.25. The molecule has 4 heterocycles. The van der Waals surface area contributed by atoms with E-state index in [1.807, 2.05) is 6.20 Å². The van der Waals surface area contributed by atoms with E-state index in [4.69, 9.17) is 0 Å². The summed E-state index contributed by atoms with van der Waals surface area (Å²) < 4.78 is 3.36. The second kappa shape index (κ2) is 8.35. The fourth-order valence-corrected chi connectivity index (χ4v) is 5.25. The van der Waals surface area contributed by atoms with Crippen molar-refractivity contribution in [3.05, 3.63) is 62.7 Å². The summed E-state index contributed by atoms with van der Waals surface area (Å²) in [7, 11) is 0. The predicted octanol–water partition coefficient (Wildman–Crippen LogP) is 3.35. The Kier molecular flexibility index (Phi) is 5.53. The maximum Gasteiger partial charge on any atom is 0.333 e. The van der Waals surface area contributed by atoms with Crippen LogP contribution in [0.25, 0.3) is 11.2 Å². The van der Waals surface area contributed by atoms with Crippen LogP contribution in [0.5, 0.6) is 0 Å². The SMILES string of the molecule is CC(C)CN1CC[C@@H](Cc2ccn3ncc(-n4cc(C5CC5)c(=O)[nH]c4=O)c3c2)C[C@@H]1C. The number of nitrogens with one attached hydrogen (secondary N) is 1. The number of nitrogens with zero attached hydrogens (tertiary/aromatic N) is 4. The van der Waals surface area contributed by atoms with Crippen LogP contribution in [0.2, 0.25) is 0 Å². The van der Waals surface area contributed by atoms with E-state index in [9.17, 15) is 9.59 Å². The summed E-state index contributed by atoms with van der Waals surface area (Å²) in [6.07, 6.45) is 10.9. The average Bonchev–Trinajstić information content (AvgIpc) is 3.50. The van der Waals surface area contributed by atoms with Crippen molar-refractivity contribution in [2.24, 2.45) is 11.8 Å². The summed E-state index contributed by atoms with van der Waals surface area (Å²) in [4.78, 5) is 29.9. The van der Waals surface area contributed by atoms with Crippen molar-refractivity contribution in [2.45, 2.75) is 64.8 Å². The fraction of sp³-hybridized carbons (Fsp3) is 0.560. The van der Waals surface area contributed by atoms with Crippen LogP contribution in [0.15, 0.2) is 40.3 Å². The van der Waals surface area contributed by atoms with Crippen LogP contribution >= 0.6 is 0 Å². The van der Waals surface area contributed by atoms with Gasteiger partial charge in [-0.05, 0) is 81.0 Å². The molecule has 7 heteroatoms. The van der Waals surface area contributed by atoms with E-state index >= 15 is 0 Å². The Morgan fingerprint density at radius 1 is 1.22 bits per heavy atom. The van der Waals surface area contributed by atoms with Crippen molar-refractivity contribution < 1.29 is 0 Å². The third-order valence-electron chi connectivity index (χ3n) is 7.06. The molecule has 0 aromatic carbocycles. The number of piperidine rings is 1. The molecule has 1 N–H and O–H groups in total. The van der Waals surface area contributed by atoms with Crippen molar-refractivity contribution in [1.29, 1.82) is 0 Å². The zero-order valence-electron chi connectivity index (χ0n) is 19.3. The Bertz CT molecular complexity index is 1230. The molecule has 7 nitrogen and oxygen atoms in total. The van der Waals surface area contributed by atoms with E-state index in [0.29, 0.717) is 23.4 Å². The molecule has 1 aliphatic carbocycles. The van der Waals surface area contributed by atoms with E-state index in [1.165, 1.54) is 31.5 Å². The van der Waals surface area contributed by atoms with Gasteiger partial charge in [-0.25, -0.2) is 9.31 Å². The van der Waals surface area contributed by atoms with Crippen LogP contribution in [0.4, 0.5) is 0 Å². The lowest BCUT2D eigenvalue weighted by Crippen LogP contribution is -2.43. The molecule has 3 aromatic rings. The third-order valence-corrected chi connectivity index (χ3v) is 7.06. The van der Waals surface area contributed by atoms with Gasteiger partial charge in [-0.2, -0.15) is 5.10 Å². The Labute approximate surface area is 188 Å².